The Kier molecular flexibility index (Phi) is 29.4. The van der Waals surface area contributed by atoms with Crippen molar-refractivity contribution in [1.29, 1.82) is 0 Å². The highest BCUT2D eigenvalue weighted by molar-refractivity contribution is 5.95. The van der Waals surface area contributed by atoms with E-state index in [-0.39, 0.29) is 11.6 Å². The number of halogens is 2. The largest absolute Gasteiger partial charge is 0.358 e. The van der Waals surface area contributed by atoms with Gasteiger partial charge < -0.3 is 39.9 Å². The van der Waals surface area contributed by atoms with Crippen LogP contribution in [0.1, 0.15) is 261 Å². The molecule has 141 heavy (non-hydrogen) atoms. The molecule has 0 spiro atoms. The summed E-state index contributed by atoms with van der Waals surface area (Å²) < 4.78 is 26.6. The number of aromatic amines is 8. The molecule has 20 aromatic rings. The highest BCUT2D eigenvalue weighted by atomic mass is 19.1. The molecule has 0 saturated carbocycles. The molecule has 8 aliphatic carbocycles. The van der Waals surface area contributed by atoms with Crippen LogP contribution in [0.3, 0.4) is 0 Å². The first-order valence-electron chi connectivity index (χ1n) is 53.4. The topological polar surface area (TPSA) is 178 Å². The number of aromatic nitrogens is 12. The summed E-state index contributed by atoms with van der Waals surface area (Å²) in [5.74, 6) is -0.311. The third kappa shape index (κ3) is 21.6. The van der Waals surface area contributed by atoms with Crippen LogP contribution in [0.2, 0.25) is 0 Å². The molecular weight excluding hydrogens is 1730 g/mol. The van der Waals surface area contributed by atoms with Crippen molar-refractivity contribution in [2.45, 2.75) is 278 Å². The van der Waals surface area contributed by atoms with Gasteiger partial charge in [0.1, 0.15) is 18.0 Å². The molecule has 11 aromatic heterocycles. The zero-order valence-corrected chi connectivity index (χ0v) is 82.8. The normalized spacial score (nSPS) is 15.6. The van der Waals surface area contributed by atoms with Gasteiger partial charge in [-0.1, -0.05) is 135 Å². The Labute approximate surface area is 828 Å². The highest BCUT2D eigenvalue weighted by Crippen LogP contribution is 2.41. The predicted octanol–water partition coefficient (Wildman–Crippen LogP) is 32.9. The smallest absolute Gasteiger partial charge is 0.123 e. The quantitative estimate of drug-likeness (QED) is 0.0819. The fourth-order valence-electron chi connectivity index (χ4n) is 24.1. The average Bonchev–Trinajstić information content (AvgIpc) is 1.63. The fraction of sp³-hybridized carbons (Fsp3) is 0.339. The molecule has 9 aromatic carbocycles. The van der Waals surface area contributed by atoms with Crippen LogP contribution in [0, 0.1) is 32.4 Å². The first-order chi connectivity index (χ1) is 69.4. The van der Waals surface area contributed by atoms with Crippen LogP contribution in [0.15, 0.2) is 238 Å². The van der Waals surface area contributed by atoms with E-state index in [4.69, 9.17) is 0 Å². The molecule has 8 aliphatic rings. The molecule has 0 atom stereocenters. The Balaban J connectivity index is 0.0000000959. The SMILES string of the molecule is Cc1cc(C)c2[nH]c3c(c2c1)CCCCC3.Cc1ccc2[nH]c3c(c2c1)CCCCC3.Fc1ccc2[nH]c3c(c2c1)CCCCC3.Fc1cccc(-c2ccc3[nH]c4c(c3c2)CCCCC4)c1.c1cc(-c2ccc3[nH]c4c(c3c2)CCCCC4)ccn1.c1ccc2c3c([nH]c2c1)CCCCC3.c1cncc(-c2ccc3[nH]c4c(c3c2)CCCCC4)c1.c1ncc(-c2ccc3[nH]c4c(c3c2)CCCCC4)cn1. The predicted molar refractivity (Wildman–Crippen MR) is 584 cm³/mol. The number of hydrogen-bond donors (Lipinski definition) is 8. The van der Waals surface area contributed by atoms with Crippen LogP contribution in [-0.2, 0) is 103 Å². The van der Waals surface area contributed by atoms with Crippen LogP contribution in [0.4, 0.5) is 8.78 Å². The van der Waals surface area contributed by atoms with Gasteiger partial charge in [0, 0.05) is 181 Å². The molecule has 14 heteroatoms. The van der Waals surface area contributed by atoms with E-state index in [0.717, 1.165) is 53.3 Å². The van der Waals surface area contributed by atoms with Crippen LogP contribution in [0.25, 0.3) is 132 Å². The van der Waals surface area contributed by atoms with Crippen LogP contribution >= 0.6 is 0 Å². The van der Waals surface area contributed by atoms with Crippen LogP contribution in [0.5, 0.6) is 0 Å². The van der Waals surface area contributed by atoms with Gasteiger partial charge in [-0.05, 0) is 431 Å². The van der Waals surface area contributed by atoms with Crippen molar-refractivity contribution in [3.8, 4) is 44.5 Å². The van der Waals surface area contributed by atoms with E-state index in [9.17, 15) is 8.78 Å². The summed E-state index contributed by atoms with van der Waals surface area (Å²) in [6.07, 6.45) is 63.9. The monoisotopic (exact) mass is 1870 g/mol. The van der Waals surface area contributed by atoms with E-state index in [1.807, 2.05) is 55.4 Å². The lowest BCUT2D eigenvalue weighted by Crippen LogP contribution is -1.86. The fourth-order valence-corrected chi connectivity index (χ4v) is 24.1. The van der Waals surface area contributed by atoms with E-state index in [0.29, 0.717) is 0 Å². The molecule has 8 N–H and O–H groups in total. The maximum absolute atomic E-state index is 13.4. The summed E-state index contributed by atoms with van der Waals surface area (Å²) in [4.78, 5) is 45.2. The first-order valence-corrected chi connectivity index (χ1v) is 53.4. The zero-order valence-electron chi connectivity index (χ0n) is 82.8. The zero-order chi connectivity index (χ0) is 95.3. The van der Waals surface area contributed by atoms with Gasteiger partial charge in [0.25, 0.3) is 0 Å². The van der Waals surface area contributed by atoms with Gasteiger partial charge in [0.05, 0.1) is 0 Å². The molecule has 12 nitrogen and oxygen atoms in total. The number of nitrogens with one attached hydrogen (secondary N) is 8. The minimum Gasteiger partial charge on any atom is -0.358 e. The molecule has 0 amide bonds. The molecule has 0 unspecified atom stereocenters. The minimum absolute atomic E-state index is 0.131. The summed E-state index contributed by atoms with van der Waals surface area (Å²) in [6, 6.07) is 66.7. The van der Waals surface area contributed by atoms with Gasteiger partial charge in [-0.3, -0.25) is 9.97 Å². The van der Waals surface area contributed by atoms with E-state index in [1.54, 1.807) is 52.3 Å². The highest BCUT2D eigenvalue weighted by Gasteiger charge is 2.24. The number of fused-ring (bicyclic) bond motifs is 24. The number of benzene rings is 9. The average molecular weight is 1870 g/mol. The van der Waals surface area contributed by atoms with E-state index < -0.39 is 0 Å². The van der Waals surface area contributed by atoms with Crippen molar-refractivity contribution in [2.75, 3.05) is 0 Å². The Morgan fingerprint density at radius 1 is 0.199 bits per heavy atom. The van der Waals surface area contributed by atoms with Crippen molar-refractivity contribution in [3.05, 3.63) is 356 Å². The Hall–Kier alpha value is -13.5. The summed E-state index contributed by atoms with van der Waals surface area (Å²) in [6.45, 7) is 6.59. The lowest BCUT2D eigenvalue weighted by molar-refractivity contribution is 0.628. The third-order valence-electron chi connectivity index (χ3n) is 31.3. The number of pyridine rings is 2. The number of aryl methyl sites for hydroxylation is 19. The van der Waals surface area contributed by atoms with E-state index in [2.05, 4.69) is 226 Å². The second-order valence-electron chi connectivity index (χ2n) is 41.1. The molecule has 0 aliphatic heterocycles. The maximum Gasteiger partial charge on any atom is 0.123 e. The third-order valence-corrected chi connectivity index (χ3v) is 31.3. The lowest BCUT2D eigenvalue weighted by Gasteiger charge is -2.04. The molecule has 0 saturated heterocycles. The Bertz CT molecular complexity index is 7310. The number of hydrogen-bond acceptors (Lipinski definition) is 4. The van der Waals surface area contributed by atoms with Gasteiger partial charge in [-0.15, -0.1) is 0 Å². The van der Waals surface area contributed by atoms with E-state index in [1.165, 1.54) is 426 Å². The van der Waals surface area contributed by atoms with Crippen LogP contribution in [-0.4, -0.2) is 59.8 Å². The van der Waals surface area contributed by atoms with E-state index >= 15 is 0 Å². The van der Waals surface area contributed by atoms with Crippen molar-refractivity contribution in [1.82, 2.24) is 59.8 Å². The summed E-state index contributed by atoms with van der Waals surface area (Å²) >= 11 is 0. The molecule has 718 valence electrons. The summed E-state index contributed by atoms with van der Waals surface area (Å²) in [7, 11) is 0. The molecule has 0 radical (unpaired) electrons. The van der Waals surface area contributed by atoms with Gasteiger partial charge in [0.2, 0.25) is 0 Å². The number of para-hydroxylation sites is 1. The van der Waals surface area contributed by atoms with Crippen molar-refractivity contribution in [2.24, 2.45) is 0 Å². The van der Waals surface area contributed by atoms with Gasteiger partial charge >= 0.3 is 0 Å². The van der Waals surface area contributed by atoms with Crippen molar-refractivity contribution >= 4 is 87.2 Å². The summed E-state index contributed by atoms with van der Waals surface area (Å²) in [5, 5.41) is 11.0. The molecule has 28 rings (SSSR count). The standard InChI is InChI=1S/C19H18FN.2C18H18N2.C17H17N3.C15H19N.C14H17N.C13H14FN.C13H15N/c20-15-6-4-5-13(11-15)14-9-10-19-17(12-14)16-7-2-1-3-8-18(16)21-19;1-2-6-15-16-11-13(14-5-4-10-19-12-14)8-9-18(16)20-17(15)7-3-1;1-2-4-15-16-12-14(13-8-10-19-11-9-13)6-7-18(16)20-17(15)5-3-1;1-2-4-14-15-8-12(13-9-18-11-19-10-13)6-7-17(15)20-16(14)5-3-1;1-10-8-11(2)15-13(9-10)12-6-4-3-5-7-14(12)16-15;1-10-7-8-14-12(9-10)11-5-3-2-4-6-13(11)15-14;14-9-6-7-13-11(8-9)10-4-2-1-3-5-12(10)15-13;1-2-6-10-11-7-4-5-9-13(11)14-12(10)8-3-1/h4-6,9-12,21H,1-3,7-8H2;4-5,8-12,20H,1-3,6-7H2;6-12,20H,1-5H2;6-11,20H,1-5H2;8-9,16H,3-7H2,1-2H3;7-9,15H,2-6H2,1H3;6-8,15H,1-5H2;4-5,7,9,14H,1-3,6,8H2. The maximum atomic E-state index is 13.4. The van der Waals surface area contributed by atoms with Gasteiger partial charge in [0.15, 0.2) is 0 Å². The van der Waals surface area contributed by atoms with Crippen LogP contribution < -0.4 is 0 Å². The van der Waals surface area contributed by atoms with Crippen molar-refractivity contribution < 1.29 is 8.78 Å². The molecule has 11 heterocycles. The molecular formula is C127H136F2N12. The molecule has 0 bridgehead atoms. The second-order valence-corrected chi connectivity index (χ2v) is 41.1. The van der Waals surface area contributed by atoms with Gasteiger partial charge in [-0.25, -0.2) is 18.7 Å². The lowest BCUT2D eigenvalue weighted by atomic mass is 10.0. The van der Waals surface area contributed by atoms with Crippen molar-refractivity contribution in [3.63, 3.8) is 0 Å². The number of rotatable bonds is 4. The molecule has 0 fully saturated rings. The second kappa shape index (κ2) is 44.1. The summed E-state index contributed by atoms with van der Waals surface area (Å²) in [5.41, 5.74) is 47.4. The van der Waals surface area contributed by atoms with Gasteiger partial charge in [-0.2, -0.15) is 0 Å². The number of nitrogens with zero attached hydrogens (tertiary/aromatic N) is 4. The number of H-pyrrole nitrogens is 8. The minimum atomic E-state index is -0.180. The first kappa shape index (κ1) is 93.8. The Morgan fingerprint density at radius 3 is 0.943 bits per heavy atom. The Morgan fingerprint density at radius 2 is 0.518 bits per heavy atom.